The standard InChI is InChI=1S/C17H21N5O/c1-11-5-6-13-8-14(9-18-10-15-4-3-7-23-15)17-19-20-21-22(17)16(13)12(11)2/h5-6,8,15,18H,3-4,7,9-10H2,1-2H3. The number of nitrogens with one attached hydrogen (secondary N) is 1. The summed E-state index contributed by atoms with van der Waals surface area (Å²) in [6.07, 6.45) is 2.65. The summed E-state index contributed by atoms with van der Waals surface area (Å²) in [5.41, 5.74) is 5.50. The van der Waals surface area contributed by atoms with Crippen LogP contribution in [0.15, 0.2) is 18.2 Å². The van der Waals surface area contributed by atoms with Gasteiger partial charge in [0, 0.05) is 30.6 Å². The molecule has 6 heteroatoms. The van der Waals surface area contributed by atoms with E-state index in [0.717, 1.165) is 42.8 Å². The number of nitrogens with zero attached hydrogens (tertiary/aromatic N) is 4. The molecule has 3 heterocycles. The molecule has 1 saturated heterocycles. The second-order valence-electron chi connectivity index (χ2n) is 6.30. The van der Waals surface area contributed by atoms with Gasteiger partial charge < -0.3 is 10.1 Å². The van der Waals surface area contributed by atoms with Crippen molar-refractivity contribution in [2.24, 2.45) is 0 Å². The van der Waals surface area contributed by atoms with E-state index in [9.17, 15) is 0 Å². The van der Waals surface area contributed by atoms with E-state index in [4.69, 9.17) is 4.74 Å². The van der Waals surface area contributed by atoms with Gasteiger partial charge in [-0.05, 0) is 54.3 Å². The fourth-order valence-electron chi connectivity index (χ4n) is 3.31. The first kappa shape index (κ1) is 14.5. The SMILES string of the molecule is Cc1ccc2cc(CNCC3CCCO3)c3nnnn3c2c1C. The lowest BCUT2D eigenvalue weighted by atomic mass is 10.0. The number of benzene rings is 1. The maximum Gasteiger partial charge on any atom is 0.184 e. The van der Waals surface area contributed by atoms with Crippen molar-refractivity contribution >= 4 is 16.6 Å². The van der Waals surface area contributed by atoms with Crippen LogP contribution in [0.3, 0.4) is 0 Å². The molecule has 0 saturated carbocycles. The summed E-state index contributed by atoms with van der Waals surface area (Å²) in [5.74, 6) is 0. The molecule has 1 unspecified atom stereocenters. The third kappa shape index (κ3) is 2.58. The number of aryl methyl sites for hydroxylation is 2. The molecule has 0 aliphatic carbocycles. The lowest BCUT2D eigenvalue weighted by Crippen LogP contribution is -2.26. The van der Waals surface area contributed by atoms with Crippen molar-refractivity contribution in [2.45, 2.75) is 39.3 Å². The first-order valence-electron chi connectivity index (χ1n) is 8.16. The highest BCUT2D eigenvalue weighted by atomic mass is 16.5. The third-order valence-corrected chi connectivity index (χ3v) is 4.74. The molecule has 6 nitrogen and oxygen atoms in total. The molecule has 0 spiro atoms. The van der Waals surface area contributed by atoms with Gasteiger partial charge in [0.1, 0.15) is 0 Å². The number of pyridine rings is 1. The summed E-state index contributed by atoms with van der Waals surface area (Å²) in [7, 11) is 0. The smallest absolute Gasteiger partial charge is 0.184 e. The summed E-state index contributed by atoms with van der Waals surface area (Å²) in [4.78, 5) is 0. The summed E-state index contributed by atoms with van der Waals surface area (Å²) >= 11 is 0. The third-order valence-electron chi connectivity index (χ3n) is 4.74. The van der Waals surface area contributed by atoms with Gasteiger partial charge in [-0.25, -0.2) is 0 Å². The number of tetrazole rings is 1. The topological polar surface area (TPSA) is 64.3 Å². The Morgan fingerprint density at radius 2 is 2.26 bits per heavy atom. The predicted molar refractivity (Wildman–Crippen MR) is 88.4 cm³/mol. The highest BCUT2D eigenvalue weighted by Gasteiger charge is 2.16. The molecule has 0 bridgehead atoms. The molecule has 0 radical (unpaired) electrons. The van der Waals surface area contributed by atoms with Gasteiger partial charge in [-0.15, -0.1) is 5.10 Å². The van der Waals surface area contributed by atoms with Crippen LogP contribution in [0.5, 0.6) is 0 Å². The number of rotatable bonds is 4. The lowest BCUT2D eigenvalue weighted by Gasteiger charge is -2.13. The van der Waals surface area contributed by atoms with E-state index in [1.54, 1.807) is 0 Å². The molecule has 1 atom stereocenters. The minimum atomic E-state index is 0.340. The fraction of sp³-hybridized carbons (Fsp3) is 0.471. The van der Waals surface area contributed by atoms with E-state index in [-0.39, 0.29) is 0 Å². The van der Waals surface area contributed by atoms with Gasteiger partial charge in [0.25, 0.3) is 0 Å². The number of ether oxygens (including phenoxy) is 1. The molecule has 3 aromatic rings. The molecule has 23 heavy (non-hydrogen) atoms. The van der Waals surface area contributed by atoms with Gasteiger partial charge in [-0.1, -0.05) is 12.1 Å². The van der Waals surface area contributed by atoms with Crippen molar-refractivity contribution < 1.29 is 4.74 Å². The minimum Gasteiger partial charge on any atom is -0.377 e. The van der Waals surface area contributed by atoms with Gasteiger partial charge >= 0.3 is 0 Å². The van der Waals surface area contributed by atoms with E-state index in [2.05, 4.69) is 52.9 Å². The summed E-state index contributed by atoms with van der Waals surface area (Å²) in [6.45, 7) is 6.74. The monoisotopic (exact) mass is 311 g/mol. The maximum absolute atomic E-state index is 5.65. The second kappa shape index (κ2) is 5.86. The summed E-state index contributed by atoms with van der Waals surface area (Å²) < 4.78 is 7.52. The van der Waals surface area contributed by atoms with Crippen LogP contribution < -0.4 is 5.32 Å². The molecule has 4 rings (SSSR count). The zero-order valence-electron chi connectivity index (χ0n) is 13.5. The van der Waals surface area contributed by atoms with Crippen LogP contribution in [0.25, 0.3) is 16.6 Å². The van der Waals surface area contributed by atoms with Crippen LogP contribution in [-0.2, 0) is 11.3 Å². The Balaban J connectivity index is 1.68. The number of fused-ring (bicyclic) bond motifs is 3. The highest BCUT2D eigenvalue weighted by Crippen LogP contribution is 2.24. The van der Waals surface area contributed by atoms with Crippen LogP contribution in [0, 0.1) is 13.8 Å². The van der Waals surface area contributed by atoms with Gasteiger partial charge in [0.15, 0.2) is 5.65 Å². The zero-order chi connectivity index (χ0) is 15.8. The molecule has 1 aliphatic rings. The Kier molecular flexibility index (Phi) is 3.71. The van der Waals surface area contributed by atoms with Gasteiger partial charge in [-0.2, -0.15) is 4.52 Å². The van der Waals surface area contributed by atoms with Gasteiger partial charge in [0.05, 0.1) is 11.6 Å². The van der Waals surface area contributed by atoms with Crippen LogP contribution in [0.2, 0.25) is 0 Å². The van der Waals surface area contributed by atoms with Crippen LogP contribution in [0.1, 0.15) is 29.5 Å². The van der Waals surface area contributed by atoms with Gasteiger partial charge in [-0.3, -0.25) is 0 Å². The van der Waals surface area contributed by atoms with Crippen molar-refractivity contribution in [3.05, 3.63) is 34.9 Å². The second-order valence-corrected chi connectivity index (χ2v) is 6.30. The van der Waals surface area contributed by atoms with Gasteiger partial charge in [0.2, 0.25) is 0 Å². The van der Waals surface area contributed by atoms with E-state index < -0.39 is 0 Å². The molecular weight excluding hydrogens is 290 g/mol. The normalized spacial score (nSPS) is 18.3. The van der Waals surface area contributed by atoms with Crippen LogP contribution in [-0.4, -0.2) is 39.3 Å². The summed E-state index contributed by atoms with van der Waals surface area (Å²) in [5, 5.41) is 16.9. The summed E-state index contributed by atoms with van der Waals surface area (Å²) in [6, 6.07) is 6.48. The number of aromatic nitrogens is 4. The Hall–Kier alpha value is -2.05. The molecule has 120 valence electrons. The van der Waals surface area contributed by atoms with E-state index in [1.807, 2.05) is 4.52 Å². The Morgan fingerprint density at radius 3 is 3.09 bits per heavy atom. The first-order valence-corrected chi connectivity index (χ1v) is 8.16. The molecular formula is C17H21N5O. The van der Waals surface area contributed by atoms with Crippen molar-refractivity contribution in [3.8, 4) is 0 Å². The molecule has 1 fully saturated rings. The number of hydrogen-bond donors (Lipinski definition) is 1. The fourth-order valence-corrected chi connectivity index (χ4v) is 3.31. The highest BCUT2D eigenvalue weighted by molar-refractivity contribution is 5.86. The molecule has 1 aliphatic heterocycles. The van der Waals surface area contributed by atoms with E-state index in [0.29, 0.717) is 6.10 Å². The Labute approximate surface area is 134 Å². The largest absolute Gasteiger partial charge is 0.377 e. The quantitative estimate of drug-likeness (QED) is 0.800. The first-order chi connectivity index (χ1) is 11.2. The zero-order valence-corrected chi connectivity index (χ0v) is 13.5. The Morgan fingerprint density at radius 1 is 1.35 bits per heavy atom. The Bertz CT molecular complexity index is 851. The van der Waals surface area contributed by atoms with Crippen LogP contribution >= 0.6 is 0 Å². The van der Waals surface area contributed by atoms with Crippen molar-refractivity contribution in [3.63, 3.8) is 0 Å². The van der Waals surface area contributed by atoms with E-state index in [1.165, 1.54) is 22.9 Å². The molecule has 2 aromatic heterocycles. The van der Waals surface area contributed by atoms with E-state index >= 15 is 0 Å². The lowest BCUT2D eigenvalue weighted by molar-refractivity contribution is 0.110. The van der Waals surface area contributed by atoms with Crippen molar-refractivity contribution in [1.82, 2.24) is 25.4 Å². The average molecular weight is 311 g/mol. The van der Waals surface area contributed by atoms with Crippen molar-refractivity contribution in [1.29, 1.82) is 0 Å². The maximum atomic E-state index is 5.65. The molecule has 1 N–H and O–H groups in total. The molecule has 0 amide bonds. The van der Waals surface area contributed by atoms with Crippen molar-refractivity contribution in [2.75, 3.05) is 13.2 Å². The predicted octanol–water partition coefficient (Wildman–Crippen LogP) is 2.16. The number of hydrogen-bond acceptors (Lipinski definition) is 5. The molecule has 1 aromatic carbocycles. The minimum absolute atomic E-state index is 0.340. The average Bonchev–Trinajstić information content (AvgIpc) is 3.22. The van der Waals surface area contributed by atoms with Crippen LogP contribution in [0.4, 0.5) is 0 Å².